The van der Waals surface area contributed by atoms with Gasteiger partial charge in [0.25, 0.3) is 0 Å². The second kappa shape index (κ2) is 4.53. The van der Waals surface area contributed by atoms with Crippen molar-refractivity contribution in [1.82, 2.24) is 0 Å². The molecule has 0 unspecified atom stereocenters. The molecular weight excluding hydrogens is 196 g/mol. The first-order valence-corrected chi connectivity index (χ1v) is 4.76. The number of rotatable bonds is 2. The first-order chi connectivity index (χ1) is 7.31. The molecule has 1 aliphatic heterocycles. The molecule has 0 bridgehead atoms. The van der Waals surface area contributed by atoms with E-state index in [1.807, 2.05) is 30.3 Å². The Labute approximate surface area is 87.4 Å². The van der Waals surface area contributed by atoms with E-state index in [9.17, 15) is 9.90 Å². The molecule has 1 aromatic rings. The third-order valence-corrected chi connectivity index (χ3v) is 2.28. The van der Waals surface area contributed by atoms with Crippen LogP contribution in [0.5, 0.6) is 0 Å². The van der Waals surface area contributed by atoms with Crippen LogP contribution in [0, 0.1) is 0 Å². The quantitative estimate of drug-likeness (QED) is 0.725. The lowest BCUT2D eigenvalue weighted by Gasteiger charge is -2.31. The van der Waals surface area contributed by atoms with Crippen LogP contribution < -0.4 is 0 Å². The average Bonchev–Trinajstić information content (AvgIpc) is 2.31. The van der Waals surface area contributed by atoms with Gasteiger partial charge in [0, 0.05) is 5.56 Å². The van der Waals surface area contributed by atoms with Gasteiger partial charge in [0.15, 0.2) is 12.6 Å². The van der Waals surface area contributed by atoms with E-state index in [0.717, 1.165) is 5.56 Å². The molecule has 2 rings (SSSR count). The summed E-state index contributed by atoms with van der Waals surface area (Å²) < 4.78 is 10.6. The fourth-order valence-electron chi connectivity index (χ4n) is 1.46. The maximum Gasteiger partial charge on any atom is 0.184 e. The highest BCUT2D eigenvalue weighted by molar-refractivity contribution is 5.57. The molecule has 80 valence electrons. The molecule has 0 radical (unpaired) electrons. The van der Waals surface area contributed by atoms with E-state index in [-0.39, 0.29) is 6.61 Å². The number of carbonyl (C=O) groups excluding carboxylic acids is 1. The molecule has 1 N–H and O–H groups in total. The Bertz CT molecular complexity index is 325. The van der Waals surface area contributed by atoms with Crippen LogP contribution in [0.25, 0.3) is 0 Å². The largest absolute Gasteiger partial charge is 0.388 e. The summed E-state index contributed by atoms with van der Waals surface area (Å²) in [7, 11) is 0. The van der Waals surface area contributed by atoms with Gasteiger partial charge in [-0.3, -0.25) is 0 Å². The fourth-order valence-corrected chi connectivity index (χ4v) is 1.46. The molecule has 1 heterocycles. The van der Waals surface area contributed by atoms with Gasteiger partial charge >= 0.3 is 0 Å². The minimum absolute atomic E-state index is 0.114. The predicted octanol–water partition coefficient (Wildman–Crippen LogP) is 0.660. The Hall–Kier alpha value is -1.23. The SMILES string of the molecule is O=C[C@H]1O[C@@H](c2ccccc2)OC[C@@H]1O. The minimum Gasteiger partial charge on any atom is -0.388 e. The van der Waals surface area contributed by atoms with E-state index < -0.39 is 18.5 Å². The average molecular weight is 208 g/mol. The molecule has 0 aliphatic carbocycles. The predicted molar refractivity (Wildman–Crippen MR) is 52.1 cm³/mol. The summed E-state index contributed by atoms with van der Waals surface area (Å²) in [5, 5.41) is 9.35. The number of hydrogen-bond acceptors (Lipinski definition) is 4. The standard InChI is InChI=1S/C11H12O4/c12-6-10-9(13)7-14-11(15-10)8-4-2-1-3-5-8/h1-6,9-11,13H,7H2/t9-,10+,11-/m0/s1. The highest BCUT2D eigenvalue weighted by Gasteiger charge is 2.30. The summed E-state index contributed by atoms with van der Waals surface area (Å²) in [6, 6.07) is 9.32. The van der Waals surface area contributed by atoms with Gasteiger partial charge < -0.3 is 19.4 Å². The molecule has 0 saturated carbocycles. The summed E-state index contributed by atoms with van der Waals surface area (Å²) in [6.07, 6.45) is -1.64. The Balaban J connectivity index is 2.09. The van der Waals surface area contributed by atoms with Crippen molar-refractivity contribution in [2.24, 2.45) is 0 Å². The molecule has 4 nitrogen and oxygen atoms in total. The van der Waals surface area contributed by atoms with Gasteiger partial charge in [-0.1, -0.05) is 30.3 Å². The molecule has 1 fully saturated rings. The van der Waals surface area contributed by atoms with Gasteiger partial charge in [-0.05, 0) is 0 Å². The molecule has 1 aliphatic rings. The molecule has 0 amide bonds. The summed E-state index contributed by atoms with van der Waals surface area (Å²) >= 11 is 0. The van der Waals surface area contributed by atoms with Crippen LogP contribution in [0.2, 0.25) is 0 Å². The van der Waals surface area contributed by atoms with Crippen LogP contribution in [0.3, 0.4) is 0 Å². The van der Waals surface area contributed by atoms with Crippen molar-refractivity contribution in [3.63, 3.8) is 0 Å². The van der Waals surface area contributed by atoms with E-state index >= 15 is 0 Å². The molecule has 3 atom stereocenters. The van der Waals surface area contributed by atoms with Gasteiger partial charge in [0.1, 0.15) is 12.2 Å². The van der Waals surface area contributed by atoms with E-state index in [0.29, 0.717) is 6.29 Å². The topological polar surface area (TPSA) is 55.8 Å². The van der Waals surface area contributed by atoms with Crippen LogP contribution in [0.15, 0.2) is 30.3 Å². The zero-order valence-electron chi connectivity index (χ0n) is 8.08. The monoisotopic (exact) mass is 208 g/mol. The van der Waals surface area contributed by atoms with Crippen molar-refractivity contribution in [3.8, 4) is 0 Å². The van der Waals surface area contributed by atoms with Crippen LogP contribution in [-0.4, -0.2) is 30.2 Å². The first-order valence-electron chi connectivity index (χ1n) is 4.76. The van der Waals surface area contributed by atoms with Crippen molar-refractivity contribution in [2.75, 3.05) is 6.61 Å². The lowest BCUT2D eigenvalue weighted by Crippen LogP contribution is -2.41. The van der Waals surface area contributed by atoms with Gasteiger partial charge in [0.05, 0.1) is 6.61 Å². The molecule has 1 saturated heterocycles. The Morgan fingerprint density at radius 1 is 1.33 bits per heavy atom. The third-order valence-electron chi connectivity index (χ3n) is 2.28. The number of carbonyl (C=O) groups is 1. The van der Waals surface area contributed by atoms with Gasteiger partial charge in [-0.25, -0.2) is 0 Å². The van der Waals surface area contributed by atoms with E-state index in [1.165, 1.54) is 0 Å². The normalized spacial score (nSPS) is 31.1. The van der Waals surface area contributed by atoms with Crippen molar-refractivity contribution >= 4 is 6.29 Å². The van der Waals surface area contributed by atoms with Crippen LogP contribution in [-0.2, 0) is 14.3 Å². The van der Waals surface area contributed by atoms with E-state index in [1.54, 1.807) is 0 Å². The van der Waals surface area contributed by atoms with Crippen LogP contribution in [0.1, 0.15) is 11.9 Å². The van der Waals surface area contributed by atoms with E-state index in [2.05, 4.69) is 0 Å². The molecule has 15 heavy (non-hydrogen) atoms. The number of aliphatic hydroxyl groups is 1. The Morgan fingerprint density at radius 3 is 2.73 bits per heavy atom. The molecule has 0 aromatic heterocycles. The van der Waals surface area contributed by atoms with Gasteiger partial charge in [-0.2, -0.15) is 0 Å². The number of ether oxygens (including phenoxy) is 2. The summed E-state index contributed by atoms with van der Waals surface area (Å²) in [5.74, 6) is 0. The molecule has 1 aromatic carbocycles. The number of aliphatic hydroxyl groups excluding tert-OH is 1. The van der Waals surface area contributed by atoms with E-state index in [4.69, 9.17) is 9.47 Å². The number of aldehydes is 1. The minimum atomic E-state index is -0.873. The zero-order valence-corrected chi connectivity index (χ0v) is 8.08. The second-order valence-corrected chi connectivity index (χ2v) is 3.38. The number of hydrogen-bond donors (Lipinski definition) is 1. The fraction of sp³-hybridized carbons (Fsp3) is 0.364. The molecule has 4 heteroatoms. The van der Waals surface area contributed by atoms with Crippen molar-refractivity contribution in [2.45, 2.75) is 18.5 Å². The zero-order chi connectivity index (χ0) is 10.7. The van der Waals surface area contributed by atoms with Crippen LogP contribution >= 0.6 is 0 Å². The van der Waals surface area contributed by atoms with Gasteiger partial charge in [0.2, 0.25) is 0 Å². The lowest BCUT2D eigenvalue weighted by molar-refractivity contribution is -0.246. The summed E-state index contributed by atoms with van der Waals surface area (Å²) in [5.41, 5.74) is 0.844. The highest BCUT2D eigenvalue weighted by Crippen LogP contribution is 2.25. The maximum atomic E-state index is 10.6. The first kappa shape index (κ1) is 10.3. The summed E-state index contributed by atoms with van der Waals surface area (Å²) in [4.78, 5) is 10.6. The molecule has 0 spiro atoms. The highest BCUT2D eigenvalue weighted by atomic mass is 16.7. The summed E-state index contributed by atoms with van der Waals surface area (Å²) in [6.45, 7) is 0.114. The second-order valence-electron chi connectivity index (χ2n) is 3.38. The maximum absolute atomic E-state index is 10.6. The smallest absolute Gasteiger partial charge is 0.184 e. The van der Waals surface area contributed by atoms with Crippen molar-refractivity contribution < 1.29 is 19.4 Å². The molecular formula is C11H12O4. The Kier molecular flexibility index (Phi) is 3.11. The van der Waals surface area contributed by atoms with Crippen molar-refractivity contribution in [1.29, 1.82) is 0 Å². The van der Waals surface area contributed by atoms with Crippen molar-refractivity contribution in [3.05, 3.63) is 35.9 Å². The Morgan fingerprint density at radius 2 is 2.07 bits per heavy atom. The number of benzene rings is 1. The van der Waals surface area contributed by atoms with Gasteiger partial charge in [-0.15, -0.1) is 0 Å². The lowest BCUT2D eigenvalue weighted by atomic mass is 10.1. The third kappa shape index (κ3) is 2.23. The van der Waals surface area contributed by atoms with Crippen LogP contribution in [0.4, 0.5) is 0 Å².